The Labute approximate surface area is 147 Å². The number of oxazole rings is 1. The van der Waals surface area contributed by atoms with Gasteiger partial charge in [-0.2, -0.15) is 0 Å². The molecule has 0 aliphatic carbocycles. The van der Waals surface area contributed by atoms with Crippen LogP contribution in [-0.4, -0.2) is 45.7 Å². The molecule has 0 saturated carbocycles. The SMILES string of the molecule is COCC1(CNS(=O)(=O)c2ccc(-c3coc(C)n3)cc2)CCCN1. The Morgan fingerprint density at radius 1 is 1.36 bits per heavy atom. The first-order valence-corrected chi connectivity index (χ1v) is 9.69. The molecule has 0 spiro atoms. The van der Waals surface area contributed by atoms with Gasteiger partial charge in [0.15, 0.2) is 5.89 Å². The fourth-order valence-electron chi connectivity index (χ4n) is 3.09. The first-order chi connectivity index (χ1) is 11.9. The maximum Gasteiger partial charge on any atom is 0.240 e. The molecule has 1 aromatic carbocycles. The number of nitrogens with zero attached hydrogens (tertiary/aromatic N) is 1. The van der Waals surface area contributed by atoms with Gasteiger partial charge < -0.3 is 14.5 Å². The van der Waals surface area contributed by atoms with Crippen molar-refractivity contribution in [2.75, 3.05) is 26.8 Å². The number of aromatic nitrogens is 1. The Bertz CT molecular complexity index is 809. The van der Waals surface area contributed by atoms with Crippen LogP contribution in [-0.2, 0) is 14.8 Å². The Morgan fingerprint density at radius 2 is 2.12 bits per heavy atom. The van der Waals surface area contributed by atoms with Crippen LogP contribution in [0.3, 0.4) is 0 Å². The van der Waals surface area contributed by atoms with Crippen LogP contribution < -0.4 is 10.0 Å². The number of ether oxygens (including phenoxy) is 1. The van der Waals surface area contributed by atoms with Gasteiger partial charge in [0, 0.05) is 26.1 Å². The molecule has 1 aromatic heterocycles. The summed E-state index contributed by atoms with van der Waals surface area (Å²) in [5.74, 6) is 0.570. The molecule has 1 unspecified atom stereocenters. The lowest BCUT2D eigenvalue weighted by Gasteiger charge is -2.28. The van der Waals surface area contributed by atoms with E-state index < -0.39 is 10.0 Å². The van der Waals surface area contributed by atoms with Gasteiger partial charge in [-0.3, -0.25) is 0 Å². The molecule has 0 amide bonds. The van der Waals surface area contributed by atoms with Crippen molar-refractivity contribution in [2.45, 2.75) is 30.2 Å². The van der Waals surface area contributed by atoms with E-state index in [2.05, 4.69) is 15.0 Å². The molecule has 1 saturated heterocycles. The molecule has 136 valence electrons. The Kier molecular flexibility index (Phi) is 5.24. The fraction of sp³-hybridized carbons (Fsp3) is 0.471. The van der Waals surface area contributed by atoms with Gasteiger partial charge in [-0.15, -0.1) is 0 Å². The summed E-state index contributed by atoms with van der Waals surface area (Å²) in [5.41, 5.74) is 1.16. The summed E-state index contributed by atoms with van der Waals surface area (Å²) in [7, 11) is -1.96. The molecule has 1 fully saturated rings. The van der Waals surface area contributed by atoms with Gasteiger partial charge in [-0.1, -0.05) is 12.1 Å². The second kappa shape index (κ2) is 7.25. The number of sulfonamides is 1. The highest BCUT2D eigenvalue weighted by atomic mass is 32.2. The standard InChI is InChI=1S/C17H23N3O4S/c1-13-20-16(10-24-13)14-4-6-15(7-5-14)25(21,22)19-11-17(12-23-2)8-3-9-18-17/h4-7,10,18-19H,3,8-9,11-12H2,1-2H3. The monoisotopic (exact) mass is 365 g/mol. The van der Waals surface area contributed by atoms with Gasteiger partial charge >= 0.3 is 0 Å². The first-order valence-electron chi connectivity index (χ1n) is 8.20. The predicted octanol–water partition coefficient (Wildman–Crippen LogP) is 1.70. The van der Waals surface area contributed by atoms with Crippen LogP contribution in [0.15, 0.2) is 39.8 Å². The van der Waals surface area contributed by atoms with E-state index >= 15 is 0 Å². The minimum absolute atomic E-state index is 0.224. The molecular formula is C17H23N3O4S. The highest BCUT2D eigenvalue weighted by Gasteiger charge is 2.34. The second-order valence-electron chi connectivity index (χ2n) is 6.34. The Balaban J connectivity index is 1.71. The molecule has 2 N–H and O–H groups in total. The van der Waals surface area contributed by atoms with Crippen molar-refractivity contribution in [1.29, 1.82) is 0 Å². The molecule has 25 heavy (non-hydrogen) atoms. The van der Waals surface area contributed by atoms with Crippen LogP contribution >= 0.6 is 0 Å². The highest BCUT2D eigenvalue weighted by Crippen LogP contribution is 2.22. The molecule has 2 aromatic rings. The third kappa shape index (κ3) is 4.09. The van der Waals surface area contributed by atoms with Crippen molar-refractivity contribution in [3.63, 3.8) is 0 Å². The minimum Gasteiger partial charge on any atom is -0.449 e. The minimum atomic E-state index is -3.59. The van der Waals surface area contributed by atoms with E-state index in [1.165, 1.54) is 0 Å². The Morgan fingerprint density at radius 3 is 2.68 bits per heavy atom. The number of benzene rings is 1. The summed E-state index contributed by atoms with van der Waals surface area (Å²) in [4.78, 5) is 4.46. The van der Waals surface area contributed by atoms with E-state index in [9.17, 15) is 8.42 Å². The van der Waals surface area contributed by atoms with Gasteiger partial charge in [0.2, 0.25) is 10.0 Å². The molecular weight excluding hydrogens is 342 g/mol. The number of aryl methyl sites for hydroxylation is 1. The zero-order valence-corrected chi connectivity index (χ0v) is 15.2. The molecule has 0 radical (unpaired) electrons. The lowest BCUT2D eigenvalue weighted by atomic mass is 9.99. The van der Waals surface area contributed by atoms with Gasteiger partial charge in [0.05, 0.1) is 17.0 Å². The van der Waals surface area contributed by atoms with E-state index in [0.29, 0.717) is 24.7 Å². The lowest BCUT2D eigenvalue weighted by Crippen LogP contribution is -2.52. The molecule has 1 atom stereocenters. The summed E-state index contributed by atoms with van der Waals surface area (Å²) < 4.78 is 38.3. The van der Waals surface area contributed by atoms with Crippen LogP contribution in [0.5, 0.6) is 0 Å². The number of hydrogen-bond acceptors (Lipinski definition) is 6. The second-order valence-corrected chi connectivity index (χ2v) is 8.11. The predicted molar refractivity (Wildman–Crippen MR) is 93.7 cm³/mol. The molecule has 0 bridgehead atoms. The third-order valence-electron chi connectivity index (χ3n) is 4.43. The quantitative estimate of drug-likeness (QED) is 0.776. The lowest BCUT2D eigenvalue weighted by molar-refractivity contribution is 0.122. The van der Waals surface area contributed by atoms with Crippen LogP contribution in [0.1, 0.15) is 18.7 Å². The van der Waals surface area contributed by atoms with Gasteiger partial charge in [0.1, 0.15) is 12.0 Å². The summed E-state index contributed by atoms with van der Waals surface area (Å²) in [6.07, 6.45) is 3.45. The van der Waals surface area contributed by atoms with Crippen molar-refractivity contribution in [2.24, 2.45) is 0 Å². The number of nitrogens with one attached hydrogen (secondary N) is 2. The van der Waals surface area contributed by atoms with E-state index in [1.807, 2.05) is 0 Å². The average molecular weight is 365 g/mol. The maximum absolute atomic E-state index is 12.6. The van der Waals surface area contributed by atoms with Gasteiger partial charge in [0.25, 0.3) is 0 Å². The van der Waals surface area contributed by atoms with Crippen LogP contribution in [0.25, 0.3) is 11.3 Å². The van der Waals surface area contributed by atoms with E-state index in [0.717, 1.165) is 24.9 Å². The van der Waals surface area contributed by atoms with Crippen LogP contribution in [0, 0.1) is 6.92 Å². The largest absolute Gasteiger partial charge is 0.449 e. The van der Waals surface area contributed by atoms with Crippen molar-refractivity contribution < 1.29 is 17.6 Å². The topological polar surface area (TPSA) is 93.5 Å². The molecule has 1 aliphatic rings. The smallest absolute Gasteiger partial charge is 0.240 e. The van der Waals surface area contributed by atoms with E-state index in [-0.39, 0.29) is 10.4 Å². The van der Waals surface area contributed by atoms with Crippen LogP contribution in [0.2, 0.25) is 0 Å². The third-order valence-corrected chi connectivity index (χ3v) is 5.85. The van der Waals surface area contributed by atoms with Crippen molar-refractivity contribution in [3.8, 4) is 11.3 Å². The van der Waals surface area contributed by atoms with Crippen LogP contribution in [0.4, 0.5) is 0 Å². The average Bonchev–Trinajstić information content (AvgIpc) is 3.24. The summed E-state index contributed by atoms with van der Waals surface area (Å²) in [6, 6.07) is 6.61. The summed E-state index contributed by atoms with van der Waals surface area (Å²) in [5, 5.41) is 3.36. The number of hydrogen-bond donors (Lipinski definition) is 2. The van der Waals surface area contributed by atoms with Crippen molar-refractivity contribution >= 4 is 10.0 Å². The first kappa shape index (κ1) is 18.1. The summed E-state index contributed by atoms with van der Waals surface area (Å²) >= 11 is 0. The zero-order chi connectivity index (χ0) is 17.9. The van der Waals surface area contributed by atoms with Gasteiger partial charge in [-0.05, 0) is 31.5 Å². The molecule has 3 rings (SSSR count). The number of rotatable bonds is 7. The van der Waals surface area contributed by atoms with Gasteiger partial charge in [-0.25, -0.2) is 18.1 Å². The van der Waals surface area contributed by atoms with Crippen molar-refractivity contribution in [1.82, 2.24) is 15.0 Å². The summed E-state index contributed by atoms with van der Waals surface area (Å²) in [6.45, 7) is 3.41. The molecule has 2 heterocycles. The van der Waals surface area contributed by atoms with E-state index in [4.69, 9.17) is 9.15 Å². The normalized spacial score (nSPS) is 20.9. The molecule has 8 heteroatoms. The number of methoxy groups -OCH3 is 1. The highest BCUT2D eigenvalue weighted by molar-refractivity contribution is 7.89. The fourth-order valence-corrected chi connectivity index (χ4v) is 4.21. The Hall–Kier alpha value is -1.74. The molecule has 1 aliphatic heterocycles. The van der Waals surface area contributed by atoms with Crippen molar-refractivity contribution in [3.05, 3.63) is 36.4 Å². The molecule has 7 nitrogen and oxygen atoms in total. The maximum atomic E-state index is 12.6. The van der Waals surface area contributed by atoms with E-state index in [1.54, 1.807) is 44.6 Å². The zero-order valence-electron chi connectivity index (χ0n) is 14.4.